The zero-order chi connectivity index (χ0) is 32.2. The summed E-state index contributed by atoms with van der Waals surface area (Å²) in [6.45, 7) is 13.7. The van der Waals surface area contributed by atoms with Gasteiger partial charge in [-0.2, -0.15) is 0 Å². The van der Waals surface area contributed by atoms with Crippen LogP contribution in [-0.2, 0) is 34.3 Å². The van der Waals surface area contributed by atoms with Crippen LogP contribution in [0, 0.1) is 0 Å². The summed E-state index contributed by atoms with van der Waals surface area (Å²) in [5.41, 5.74) is 7.00. The molecule has 2 unspecified atom stereocenters. The SMILES string of the molecule is CCOC(=O)c1ccc2c(c1)CCCC2N(CCCCC(O)OCC)CCc1ccccc1OCc1ccc(C(C)(C)C)cc1. The lowest BCUT2D eigenvalue weighted by Gasteiger charge is -2.36. The highest BCUT2D eigenvalue weighted by Gasteiger charge is 2.27. The highest BCUT2D eigenvalue weighted by atomic mass is 16.6. The normalized spacial score (nSPS) is 15.5. The van der Waals surface area contributed by atoms with Crippen LogP contribution in [-0.4, -0.2) is 48.6 Å². The molecule has 1 N–H and O–H groups in total. The molecule has 3 aromatic carbocycles. The number of carbonyl (C=O) groups is 1. The van der Waals surface area contributed by atoms with Gasteiger partial charge in [0.15, 0.2) is 6.29 Å². The Morgan fingerprint density at radius 1 is 0.978 bits per heavy atom. The fourth-order valence-electron chi connectivity index (χ4n) is 6.22. The molecule has 1 aliphatic carbocycles. The fourth-order valence-corrected chi connectivity index (χ4v) is 6.22. The van der Waals surface area contributed by atoms with Crippen molar-refractivity contribution in [2.45, 2.75) is 104 Å². The van der Waals surface area contributed by atoms with Crippen LogP contribution in [0.1, 0.15) is 111 Å². The van der Waals surface area contributed by atoms with Gasteiger partial charge in [-0.25, -0.2) is 4.79 Å². The van der Waals surface area contributed by atoms with Crippen molar-refractivity contribution in [3.63, 3.8) is 0 Å². The number of aliphatic hydroxyl groups is 1. The van der Waals surface area contributed by atoms with Gasteiger partial charge in [0.1, 0.15) is 12.4 Å². The highest BCUT2D eigenvalue weighted by molar-refractivity contribution is 5.89. The van der Waals surface area contributed by atoms with Crippen molar-refractivity contribution in [2.75, 3.05) is 26.3 Å². The van der Waals surface area contributed by atoms with E-state index < -0.39 is 6.29 Å². The van der Waals surface area contributed by atoms with E-state index >= 15 is 0 Å². The first kappa shape index (κ1) is 34.7. The Hall–Kier alpha value is -3.19. The number of hydrogen-bond donors (Lipinski definition) is 1. The molecule has 0 aliphatic heterocycles. The predicted octanol–water partition coefficient (Wildman–Crippen LogP) is 8.19. The molecule has 0 radical (unpaired) electrons. The van der Waals surface area contributed by atoms with Gasteiger partial charge in [-0.15, -0.1) is 0 Å². The topological polar surface area (TPSA) is 68.2 Å². The number of para-hydroxylation sites is 1. The van der Waals surface area contributed by atoms with Gasteiger partial charge in [-0.1, -0.05) is 69.3 Å². The van der Waals surface area contributed by atoms with Crippen molar-refractivity contribution in [3.8, 4) is 5.75 Å². The van der Waals surface area contributed by atoms with Crippen LogP contribution < -0.4 is 4.74 Å². The average molecular weight is 616 g/mol. The van der Waals surface area contributed by atoms with E-state index in [1.807, 2.05) is 32.0 Å². The quantitative estimate of drug-likeness (QED) is 0.0996. The molecule has 0 heterocycles. The molecule has 45 heavy (non-hydrogen) atoms. The third-order valence-corrected chi connectivity index (χ3v) is 8.74. The van der Waals surface area contributed by atoms with Crippen molar-refractivity contribution in [1.82, 2.24) is 4.90 Å². The number of esters is 1. The zero-order valence-corrected chi connectivity index (χ0v) is 28.0. The lowest BCUT2D eigenvalue weighted by atomic mass is 9.85. The van der Waals surface area contributed by atoms with Crippen LogP contribution in [0.25, 0.3) is 0 Å². The third kappa shape index (κ3) is 10.2. The molecular formula is C39H53NO5. The van der Waals surface area contributed by atoms with Gasteiger partial charge in [0, 0.05) is 19.2 Å². The number of aliphatic hydroxyl groups excluding tert-OH is 1. The summed E-state index contributed by atoms with van der Waals surface area (Å²) in [4.78, 5) is 15.0. The summed E-state index contributed by atoms with van der Waals surface area (Å²) >= 11 is 0. The largest absolute Gasteiger partial charge is 0.489 e. The second kappa shape index (κ2) is 16.9. The zero-order valence-electron chi connectivity index (χ0n) is 28.0. The van der Waals surface area contributed by atoms with E-state index in [1.54, 1.807) is 0 Å². The van der Waals surface area contributed by atoms with E-state index in [4.69, 9.17) is 14.2 Å². The number of ether oxygens (including phenoxy) is 3. The molecule has 0 saturated heterocycles. The van der Waals surface area contributed by atoms with Crippen LogP contribution >= 0.6 is 0 Å². The van der Waals surface area contributed by atoms with E-state index in [-0.39, 0.29) is 17.4 Å². The van der Waals surface area contributed by atoms with Gasteiger partial charge >= 0.3 is 5.97 Å². The smallest absolute Gasteiger partial charge is 0.338 e. The van der Waals surface area contributed by atoms with Crippen molar-refractivity contribution >= 4 is 5.97 Å². The molecule has 0 spiro atoms. The Labute approximate surface area is 270 Å². The molecule has 1 aliphatic rings. The molecule has 4 rings (SSSR count). The summed E-state index contributed by atoms with van der Waals surface area (Å²) < 4.78 is 17.0. The number of fused-ring (bicyclic) bond motifs is 1. The molecule has 0 saturated carbocycles. The highest BCUT2D eigenvalue weighted by Crippen LogP contribution is 2.36. The molecule has 0 bridgehead atoms. The fraction of sp³-hybridized carbons (Fsp3) is 0.513. The summed E-state index contributed by atoms with van der Waals surface area (Å²) in [6, 6.07) is 23.5. The van der Waals surface area contributed by atoms with Crippen molar-refractivity contribution in [1.29, 1.82) is 0 Å². The summed E-state index contributed by atoms with van der Waals surface area (Å²) in [5, 5.41) is 10.1. The summed E-state index contributed by atoms with van der Waals surface area (Å²) in [7, 11) is 0. The van der Waals surface area contributed by atoms with Gasteiger partial charge in [-0.05, 0) is 117 Å². The lowest BCUT2D eigenvalue weighted by Crippen LogP contribution is -2.34. The Kier molecular flexibility index (Phi) is 13.0. The first-order chi connectivity index (χ1) is 21.7. The number of aryl methyl sites for hydroxylation is 1. The van der Waals surface area contributed by atoms with Gasteiger partial charge in [0.05, 0.1) is 12.2 Å². The minimum Gasteiger partial charge on any atom is -0.489 e. The first-order valence-electron chi connectivity index (χ1n) is 16.8. The van der Waals surface area contributed by atoms with Crippen LogP contribution in [0.4, 0.5) is 0 Å². The van der Waals surface area contributed by atoms with E-state index in [1.165, 1.54) is 22.3 Å². The standard InChI is InChI=1S/C39H53NO5/c1-6-43-37(41)17-10-11-25-40(35-15-12-14-31-27-32(20-23-34(31)35)38(42)44-7-2)26-24-30-13-8-9-16-36(30)45-28-29-18-21-33(22-19-29)39(3,4)5/h8-9,13,16,18-23,27,35,37,41H,6-7,10-12,14-15,17,24-26,28H2,1-5H3. The maximum Gasteiger partial charge on any atom is 0.338 e. The number of unbranched alkanes of at least 4 members (excludes halogenated alkanes) is 1. The molecule has 0 fully saturated rings. The van der Waals surface area contributed by atoms with E-state index in [0.29, 0.717) is 31.8 Å². The summed E-state index contributed by atoms with van der Waals surface area (Å²) in [6.07, 6.45) is 5.81. The van der Waals surface area contributed by atoms with Crippen LogP contribution in [0.3, 0.4) is 0 Å². The monoisotopic (exact) mass is 615 g/mol. The second-order valence-corrected chi connectivity index (χ2v) is 13.1. The van der Waals surface area contributed by atoms with Crippen LogP contribution in [0.15, 0.2) is 66.7 Å². The Bertz CT molecular complexity index is 1350. The minimum atomic E-state index is -0.700. The molecule has 6 nitrogen and oxygen atoms in total. The number of nitrogens with zero attached hydrogens (tertiary/aromatic N) is 1. The predicted molar refractivity (Wildman–Crippen MR) is 181 cm³/mol. The molecule has 0 amide bonds. The Balaban J connectivity index is 1.47. The lowest BCUT2D eigenvalue weighted by molar-refractivity contribution is -0.0995. The molecule has 2 atom stereocenters. The maximum atomic E-state index is 12.4. The molecule has 244 valence electrons. The second-order valence-electron chi connectivity index (χ2n) is 13.1. The van der Waals surface area contributed by atoms with Crippen molar-refractivity contribution < 1.29 is 24.1 Å². The van der Waals surface area contributed by atoms with Crippen LogP contribution in [0.5, 0.6) is 5.75 Å². The van der Waals surface area contributed by atoms with E-state index in [9.17, 15) is 9.90 Å². The Morgan fingerprint density at radius 3 is 2.49 bits per heavy atom. The summed E-state index contributed by atoms with van der Waals surface area (Å²) in [5.74, 6) is 0.675. The van der Waals surface area contributed by atoms with E-state index in [2.05, 4.69) is 74.2 Å². The van der Waals surface area contributed by atoms with Gasteiger partial charge in [-0.3, -0.25) is 4.90 Å². The Morgan fingerprint density at radius 2 is 1.76 bits per heavy atom. The van der Waals surface area contributed by atoms with Crippen LogP contribution in [0.2, 0.25) is 0 Å². The van der Waals surface area contributed by atoms with E-state index in [0.717, 1.165) is 62.9 Å². The number of hydrogen-bond acceptors (Lipinski definition) is 6. The first-order valence-corrected chi connectivity index (χ1v) is 16.8. The molecule has 0 aromatic heterocycles. The minimum absolute atomic E-state index is 0.128. The molecule has 3 aromatic rings. The number of benzene rings is 3. The number of rotatable bonds is 16. The third-order valence-electron chi connectivity index (χ3n) is 8.74. The maximum absolute atomic E-state index is 12.4. The molecular weight excluding hydrogens is 562 g/mol. The van der Waals surface area contributed by atoms with Crippen molar-refractivity contribution in [2.24, 2.45) is 0 Å². The van der Waals surface area contributed by atoms with Gasteiger partial charge in [0.2, 0.25) is 0 Å². The molecule has 6 heteroatoms. The van der Waals surface area contributed by atoms with Crippen molar-refractivity contribution in [3.05, 3.63) is 100 Å². The number of carbonyl (C=O) groups excluding carboxylic acids is 1. The average Bonchev–Trinajstić information content (AvgIpc) is 3.03. The van der Waals surface area contributed by atoms with Gasteiger partial charge < -0.3 is 19.3 Å². The van der Waals surface area contributed by atoms with Gasteiger partial charge in [0.25, 0.3) is 0 Å².